The summed E-state index contributed by atoms with van der Waals surface area (Å²) in [5.41, 5.74) is 0.502. The lowest BCUT2D eigenvalue weighted by atomic mass is 10.2. The van der Waals surface area contributed by atoms with Crippen LogP contribution in [0.5, 0.6) is 11.5 Å². The van der Waals surface area contributed by atoms with Gasteiger partial charge in [0.15, 0.2) is 0 Å². The van der Waals surface area contributed by atoms with Crippen molar-refractivity contribution < 1.29 is 27.4 Å². The zero-order valence-corrected chi connectivity index (χ0v) is 17.0. The number of carbonyl (C=O) groups excluding carboxylic acids is 1. The Balaban J connectivity index is 1.48. The summed E-state index contributed by atoms with van der Waals surface area (Å²) in [7, 11) is -1.98. The molecule has 3 rings (SSSR count). The summed E-state index contributed by atoms with van der Waals surface area (Å²) < 4.78 is 42.5. The minimum atomic E-state index is -3.52. The number of benzene rings is 2. The zero-order valence-electron chi connectivity index (χ0n) is 16.2. The Morgan fingerprint density at radius 1 is 1.10 bits per heavy atom. The van der Waals surface area contributed by atoms with Gasteiger partial charge in [0.05, 0.1) is 31.8 Å². The Morgan fingerprint density at radius 2 is 1.83 bits per heavy atom. The molecular weight excluding hydrogens is 396 g/mol. The molecule has 1 amide bonds. The highest BCUT2D eigenvalue weighted by molar-refractivity contribution is 7.89. The van der Waals surface area contributed by atoms with Gasteiger partial charge in [0.1, 0.15) is 18.1 Å². The number of nitrogens with one attached hydrogen (secondary N) is 1. The van der Waals surface area contributed by atoms with Crippen molar-refractivity contribution in [3.63, 3.8) is 0 Å². The molecule has 0 radical (unpaired) electrons. The summed E-state index contributed by atoms with van der Waals surface area (Å²) in [6, 6.07) is 13.1. The molecule has 156 valence electrons. The average Bonchev–Trinajstić information content (AvgIpc) is 2.77. The van der Waals surface area contributed by atoms with E-state index in [4.69, 9.17) is 14.2 Å². The summed E-state index contributed by atoms with van der Waals surface area (Å²) >= 11 is 0. The van der Waals surface area contributed by atoms with E-state index in [1.165, 1.54) is 16.4 Å². The number of morpholine rings is 1. The number of nitrogens with zero attached hydrogens (tertiary/aromatic N) is 1. The first-order valence-corrected chi connectivity index (χ1v) is 10.7. The van der Waals surface area contributed by atoms with E-state index >= 15 is 0 Å². The van der Waals surface area contributed by atoms with Crippen LogP contribution >= 0.6 is 0 Å². The predicted molar refractivity (Wildman–Crippen MR) is 107 cm³/mol. The monoisotopic (exact) mass is 420 g/mol. The molecule has 2 aromatic rings. The van der Waals surface area contributed by atoms with Gasteiger partial charge in [0.25, 0.3) is 5.91 Å². The van der Waals surface area contributed by atoms with E-state index in [1.54, 1.807) is 43.5 Å². The van der Waals surface area contributed by atoms with Crippen LogP contribution < -0.4 is 14.8 Å². The summed E-state index contributed by atoms with van der Waals surface area (Å²) in [6.07, 6.45) is 0. The summed E-state index contributed by atoms with van der Waals surface area (Å²) in [5, 5.41) is 2.77. The van der Waals surface area contributed by atoms with E-state index in [2.05, 4.69) is 5.32 Å². The van der Waals surface area contributed by atoms with Crippen molar-refractivity contribution in [3.8, 4) is 11.5 Å². The molecule has 1 aliphatic rings. The third-order valence-corrected chi connectivity index (χ3v) is 6.33. The highest BCUT2D eigenvalue weighted by Gasteiger charge is 2.26. The third kappa shape index (κ3) is 5.47. The molecule has 8 nitrogen and oxygen atoms in total. The molecule has 0 spiro atoms. The van der Waals surface area contributed by atoms with Gasteiger partial charge >= 0.3 is 0 Å². The second-order valence-electron chi connectivity index (χ2n) is 6.32. The summed E-state index contributed by atoms with van der Waals surface area (Å²) in [5.74, 6) is 0.919. The first-order valence-electron chi connectivity index (χ1n) is 9.24. The molecule has 0 unspecified atom stereocenters. The number of amides is 1. The van der Waals surface area contributed by atoms with E-state index in [0.29, 0.717) is 49.9 Å². The van der Waals surface area contributed by atoms with Crippen LogP contribution in [0.15, 0.2) is 53.4 Å². The molecule has 0 aliphatic carbocycles. The van der Waals surface area contributed by atoms with Crippen LogP contribution in [0.4, 0.5) is 0 Å². The molecule has 0 aromatic heterocycles. The highest BCUT2D eigenvalue weighted by atomic mass is 32.2. The van der Waals surface area contributed by atoms with Crippen LogP contribution in [0.25, 0.3) is 0 Å². The maximum absolute atomic E-state index is 12.6. The Bertz CT molecular complexity index is 924. The van der Waals surface area contributed by atoms with Crippen molar-refractivity contribution in [1.29, 1.82) is 0 Å². The molecule has 9 heteroatoms. The van der Waals surface area contributed by atoms with E-state index in [9.17, 15) is 13.2 Å². The van der Waals surface area contributed by atoms with Crippen LogP contribution in [0.2, 0.25) is 0 Å². The number of sulfonamides is 1. The number of hydrogen-bond acceptors (Lipinski definition) is 6. The molecule has 1 aliphatic heterocycles. The Kier molecular flexibility index (Phi) is 7.08. The third-order valence-electron chi connectivity index (χ3n) is 4.42. The van der Waals surface area contributed by atoms with Gasteiger partial charge < -0.3 is 19.5 Å². The number of ether oxygens (including phenoxy) is 3. The van der Waals surface area contributed by atoms with Crippen molar-refractivity contribution in [2.45, 2.75) is 4.90 Å². The molecule has 1 saturated heterocycles. The second-order valence-corrected chi connectivity index (χ2v) is 8.26. The number of methoxy groups -OCH3 is 1. The van der Waals surface area contributed by atoms with Crippen LogP contribution in [0.3, 0.4) is 0 Å². The normalized spacial score (nSPS) is 14.9. The van der Waals surface area contributed by atoms with Gasteiger partial charge in [-0.2, -0.15) is 4.31 Å². The van der Waals surface area contributed by atoms with Gasteiger partial charge in [-0.05, 0) is 42.5 Å². The zero-order chi connectivity index (χ0) is 20.7. The predicted octanol–water partition coefficient (Wildman–Crippen LogP) is 1.52. The Labute approximate surface area is 170 Å². The topological polar surface area (TPSA) is 94.2 Å². The van der Waals surface area contributed by atoms with E-state index in [0.717, 1.165) is 0 Å². The van der Waals surface area contributed by atoms with Crippen LogP contribution in [-0.2, 0) is 14.8 Å². The smallest absolute Gasteiger partial charge is 0.251 e. The lowest BCUT2D eigenvalue weighted by Gasteiger charge is -2.26. The van der Waals surface area contributed by atoms with Crippen molar-refractivity contribution in [3.05, 3.63) is 54.1 Å². The molecule has 1 heterocycles. The van der Waals surface area contributed by atoms with Gasteiger partial charge in [-0.1, -0.05) is 6.07 Å². The van der Waals surface area contributed by atoms with Gasteiger partial charge in [-0.3, -0.25) is 4.79 Å². The largest absolute Gasteiger partial charge is 0.497 e. The number of rotatable bonds is 8. The average molecular weight is 420 g/mol. The van der Waals surface area contributed by atoms with Crippen LogP contribution in [0, 0.1) is 0 Å². The molecule has 1 fully saturated rings. The minimum Gasteiger partial charge on any atom is -0.497 e. The molecule has 2 aromatic carbocycles. The summed E-state index contributed by atoms with van der Waals surface area (Å²) in [6.45, 7) is 2.08. The van der Waals surface area contributed by atoms with E-state index < -0.39 is 10.0 Å². The molecular formula is C20H24N2O6S. The van der Waals surface area contributed by atoms with Crippen molar-refractivity contribution in [2.75, 3.05) is 46.6 Å². The van der Waals surface area contributed by atoms with Crippen LogP contribution in [-0.4, -0.2) is 65.2 Å². The van der Waals surface area contributed by atoms with Gasteiger partial charge in [-0.25, -0.2) is 8.42 Å². The lowest BCUT2D eigenvalue weighted by molar-refractivity contribution is 0.0730. The lowest BCUT2D eigenvalue weighted by Crippen LogP contribution is -2.40. The molecule has 0 bridgehead atoms. The Hall–Kier alpha value is -2.62. The number of hydrogen-bond donors (Lipinski definition) is 1. The first-order chi connectivity index (χ1) is 14.0. The fraction of sp³-hybridized carbons (Fsp3) is 0.350. The Morgan fingerprint density at radius 3 is 2.52 bits per heavy atom. The SMILES string of the molecule is COc1cccc(C(=O)NCCOc2ccc(S(=O)(=O)N3CCOCC3)cc2)c1. The molecule has 0 saturated carbocycles. The van der Waals surface area contributed by atoms with Gasteiger partial charge in [-0.15, -0.1) is 0 Å². The molecule has 0 atom stereocenters. The summed E-state index contributed by atoms with van der Waals surface area (Å²) in [4.78, 5) is 12.3. The molecule has 29 heavy (non-hydrogen) atoms. The van der Waals surface area contributed by atoms with E-state index in [1.807, 2.05) is 0 Å². The van der Waals surface area contributed by atoms with Crippen LogP contribution in [0.1, 0.15) is 10.4 Å². The quantitative estimate of drug-likeness (QED) is 0.651. The maximum atomic E-state index is 12.6. The van der Waals surface area contributed by atoms with Gasteiger partial charge in [0, 0.05) is 18.7 Å². The second kappa shape index (κ2) is 9.73. The van der Waals surface area contributed by atoms with Crippen molar-refractivity contribution in [1.82, 2.24) is 9.62 Å². The minimum absolute atomic E-state index is 0.220. The van der Waals surface area contributed by atoms with Crippen molar-refractivity contribution >= 4 is 15.9 Å². The first kappa shape index (κ1) is 21.1. The van der Waals surface area contributed by atoms with Crippen molar-refractivity contribution in [2.24, 2.45) is 0 Å². The standard InChI is InChI=1S/C20H24N2O6S/c1-26-18-4-2-3-16(15-18)20(23)21-9-12-28-17-5-7-19(8-6-17)29(24,25)22-10-13-27-14-11-22/h2-8,15H,9-14H2,1H3,(H,21,23). The van der Waals surface area contributed by atoms with E-state index in [-0.39, 0.29) is 17.4 Å². The molecule has 1 N–H and O–H groups in total. The highest BCUT2D eigenvalue weighted by Crippen LogP contribution is 2.20. The fourth-order valence-electron chi connectivity index (χ4n) is 2.84. The fourth-order valence-corrected chi connectivity index (χ4v) is 4.25. The maximum Gasteiger partial charge on any atom is 0.251 e. The van der Waals surface area contributed by atoms with Gasteiger partial charge in [0.2, 0.25) is 10.0 Å². The number of carbonyl (C=O) groups is 1.